The summed E-state index contributed by atoms with van der Waals surface area (Å²) in [5.74, 6) is 0.591. The lowest BCUT2D eigenvalue weighted by Gasteiger charge is -2.11. The lowest BCUT2D eigenvalue weighted by Crippen LogP contribution is -2.13. The van der Waals surface area contributed by atoms with Crippen molar-refractivity contribution in [2.45, 2.75) is 20.8 Å². The second-order valence-electron chi connectivity index (χ2n) is 4.27. The molecule has 1 aromatic carbocycles. The van der Waals surface area contributed by atoms with Gasteiger partial charge >= 0.3 is 0 Å². The molecular formula is C18H29N3O4. The largest absolute Gasteiger partial charge is 0.493 e. The number of hydrogen-bond acceptors (Lipinski definition) is 6. The van der Waals surface area contributed by atoms with Gasteiger partial charge in [-0.3, -0.25) is 9.59 Å². The number of nitrogens with zero attached hydrogens (tertiary/aromatic N) is 1. The van der Waals surface area contributed by atoms with Crippen molar-refractivity contribution in [3.05, 3.63) is 41.5 Å². The summed E-state index contributed by atoms with van der Waals surface area (Å²) in [4.78, 5) is 25.8. The SMILES string of the molecule is CC=CC(=O)NC.CCOc1cccc(C)c1/C(C=O)=N\OC.CN. The van der Waals surface area contributed by atoms with Crippen LogP contribution < -0.4 is 15.8 Å². The molecule has 0 fully saturated rings. The lowest BCUT2D eigenvalue weighted by atomic mass is 10.0. The molecule has 0 atom stereocenters. The molecule has 0 radical (unpaired) electrons. The molecular weight excluding hydrogens is 322 g/mol. The average molecular weight is 351 g/mol. The van der Waals surface area contributed by atoms with E-state index < -0.39 is 0 Å². The number of amides is 1. The minimum atomic E-state index is -0.0532. The van der Waals surface area contributed by atoms with Gasteiger partial charge < -0.3 is 20.6 Å². The smallest absolute Gasteiger partial charge is 0.243 e. The molecule has 0 heterocycles. The first-order valence-electron chi connectivity index (χ1n) is 7.76. The number of allylic oxidation sites excluding steroid dienone is 1. The minimum absolute atomic E-state index is 0.0532. The van der Waals surface area contributed by atoms with E-state index >= 15 is 0 Å². The van der Waals surface area contributed by atoms with Crippen LogP contribution in [0.2, 0.25) is 0 Å². The average Bonchev–Trinajstić information content (AvgIpc) is 2.63. The quantitative estimate of drug-likeness (QED) is 0.352. The van der Waals surface area contributed by atoms with Crippen molar-refractivity contribution >= 4 is 17.9 Å². The summed E-state index contributed by atoms with van der Waals surface area (Å²) in [5.41, 5.74) is 6.35. The number of aryl methyl sites for hydroxylation is 1. The van der Waals surface area contributed by atoms with Gasteiger partial charge in [-0.25, -0.2) is 0 Å². The van der Waals surface area contributed by atoms with Crippen molar-refractivity contribution in [2.75, 3.05) is 27.8 Å². The molecule has 0 aliphatic carbocycles. The van der Waals surface area contributed by atoms with Crippen molar-refractivity contribution in [3.8, 4) is 5.75 Å². The van der Waals surface area contributed by atoms with Gasteiger partial charge in [0.15, 0.2) is 12.0 Å². The summed E-state index contributed by atoms with van der Waals surface area (Å²) in [6.07, 6.45) is 3.83. The van der Waals surface area contributed by atoms with Crippen molar-refractivity contribution < 1.29 is 19.2 Å². The number of ether oxygens (including phenoxy) is 1. The van der Waals surface area contributed by atoms with Gasteiger partial charge in [-0.15, -0.1) is 0 Å². The lowest BCUT2D eigenvalue weighted by molar-refractivity contribution is -0.116. The van der Waals surface area contributed by atoms with Gasteiger partial charge in [0, 0.05) is 7.05 Å². The van der Waals surface area contributed by atoms with Gasteiger partial charge in [-0.05, 0) is 45.5 Å². The van der Waals surface area contributed by atoms with Crippen molar-refractivity contribution in [1.82, 2.24) is 5.32 Å². The van der Waals surface area contributed by atoms with E-state index in [0.29, 0.717) is 24.2 Å². The van der Waals surface area contributed by atoms with Crippen LogP contribution in [0.4, 0.5) is 0 Å². The normalized spacial score (nSPS) is 9.96. The zero-order valence-corrected chi connectivity index (χ0v) is 15.8. The van der Waals surface area contributed by atoms with Gasteiger partial charge in [0.05, 0.1) is 12.2 Å². The molecule has 0 spiro atoms. The molecule has 0 aliphatic heterocycles. The van der Waals surface area contributed by atoms with E-state index in [-0.39, 0.29) is 11.6 Å². The van der Waals surface area contributed by atoms with Crippen molar-refractivity contribution in [3.63, 3.8) is 0 Å². The predicted molar refractivity (Wildman–Crippen MR) is 101 cm³/mol. The first-order valence-corrected chi connectivity index (χ1v) is 7.76. The Hall–Kier alpha value is -2.67. The molecule has 25 heavy (non-hydrogen) atoms. The van der Waals surface area contributed by atoms with Crippen LogP contribution in [-0.4, -0.2) is 45.7 Å². The minimum Gasteiger partial charge on any atom is -0.493 e. The molecule has 7 heteroatoms. The zero-order valence-electron chi connectivity index (χ0n) is 15.8. The predicted octanol–water partition coefficient (Wildman–Crippen LogP) is 1.83. The second-order valence-corrected chi connectivity index (χ2v) is 4.27. The highest BCUT2D eigenvalue weighted by Crippen LogP contribution is 2.22. The summed E-state index contributed by atoms with van der Waals surface area (Å²) < 4.78 is 5.45. The Kier molecular flexibility index (Phi) is 15.9. The van der Waals surface area contributed by atoms with Gasteiger partial charge in [0.1, 0.15) is 12.9 Å². The molecule has 3 N–H and O–H groups in total. The molecule has 0 bridgehead atoms. The van der Waals surface area contributed by atoms with E-state index in [4.69, 9.17) is 4.74 Å². The molecule has 0 saturated carbocycles. The van der Waals surface area contributed by atoms with Crippen LogP contribution in [0.3, 0.4) is 0 Å². The fourth-order valence-electron chi connectivity index (χ4n) is 1.70. The van der Waals surface area contributed by atoms with Crippen molar-refractivity contribution in [2.24, 2.45) is 10.9 Å². The van der Waals surface area contributed by atoms with Gasteiger partial charge in [-0.2, -0.15) is 0 Å². The fraction of sp³-hybridized carbons (Fsp3) is 0.389. The topological polar surface area (TPSA) is 103 Å². The molecule has 0 aromatic heterocycles. The number of hydrogen-bond donors (Lipinski definition) is 2. The Morgan fingerprint density at radius 3 is 2.40 bits per heavy atom. The summed E-state index contributed by atoms with van der Waals surface area (Å²) >= 11 is 0. The molecule has 1 aromatic rings. The van der Waals surface area contributed by atoms with E-state index in [0.717, 1.165) is 5.56 Å². The molecule has 140 valence electrons. The highest BCUT2D eigenvalue weighted by atomic mass is 16.6. The third-order valence-corrected chi connectivity index (χ3v) is 2.66. The Morgan fingerprint density at radius 2 is 2.00 bits per heavy atom. The Labute approximate surface area is 149 Å². The number of rotatable bonds is 6. The van der Waals surface area contributed by atoms with Crippen LogP contribution in [0.1, 0.15) is 25.0 Å². The molecule has 1 rings (SSSR count). The summed E-state index contributed by atoms with van der Waals surface area (Å²) in [6.45, 7) is 6.12. The number of nitrogens with two attached hydrogens (primary N) is 1. The fourth-order valence-corrected chi connectivity index (χ4v) is 1.70. The van der Waals surface area contributed by atoms with E-state index in [1.165, 1.54) is 20.2 Å². The number of oxime groups is 1. The van der Waals surface area contributed by atoms with Crippen LogP contribution in [0.5, 0.6) is 5.75 Å². The first-order chi connectivity index (χ1) is 12.0. The zero-order chi connectivity index (χ0) is 19.7. The number of likely N-dealkylation sites (N-methyl/N-ethyl adjacent to an activating group) is 1. The number of carbonyl (C=O) groups excluding carboxylic acids is 2. The monoisotopic (exact) mass is 351 g/mol. The van der Waals surface area contributed by atoms with E-state index in [2.05, 4.69) is 21.0 Å². The van der Waals surface area contributed by atoms with Gasteiger partial charge in [0.2, 0.25) is 5.91 Å². The third-order valence-electron chi connectivity index (χ3n) is 2.66. The maximum atomic E-state index is 10.9. The number of carbonyl (C=O) groups is 2. The summed E-state index contributed by atoms with van der Waals surface area (Å²) in [6, 6.07) is 5.58. The highest BCUT2D eigenvalue weighted by molar-refractivity contribution is 6.37. The van der Waals surface area contributed by atoms with E-state index in [1.54, 1.807) is 26.1 Å². The maximum absolute atomic E-state index is 10.9. The van der Waals surface area contributed by atoms with Gasteiger partial charge in [0.25, 0.3) is 0 Å². The summed E-state index contributed by atoms with van der Waals surface area (Å²) in [7, 11) is 4.50. The van der Waals surface area contributed by atoms with Crippen molar-refractivity contribution in [1.29, 1.82) is 0 Å². The molecule has 0 aliphatic rings. The number of aldehydes is 1. The molecule has 0 unspecified atom stereocenters. The second kappa shape index (κ2) is 16.2. The van der Waals surface area contributed by atoms with Crippen LogP contribution in [0.15, 0.2) is 35.5 Å². The third kappa shape index (κ3) is 9.93. The number of nitrogens with one attached hydrogen (secondary N) is 1. The first kappa shape index (κ1) is 24.6. The van der Waals surface area contributed by atoms with Crippen LogP contribution in [0, 0.1) is 6.92 Å². The molecule has 1 amide bonds. The van der Waals surface area contributed by atoms with E-state index in [1.807, 2.05) is 26.0 Å². The summed E-state index contributed by atoms with van der Waals surface area (Å²) in [5, 5.41) is 6.13. The highest BCUT2D eigenvalue weighted by Gasteiger charge is 2.13. The Morgan fingerprint density at radius 1 is 1.36 bits per heavy atom. The standard InChI is InChI=1S/C12H15NO3.C5H9NO.CH5N/c1-4-16-11-7-5-6-9(2)12(11)10(8-14)13-15-3;1-3-4-5(7)6-2;1-2/h5-8H,4H2,1-3H3;3-4H,1-2H3,(H,6,7);2H2,1H3/b13-10-;;. The number of benzene rings is 1. The van der Waals surface area contributed by atoms with Crippen LogP contribution in [-0.2, 0) is 14.4 Å². The Bertz CT molecular complexity index is 569. The maximum Gasteiger partial charge on any atom is 0.243 e. The van der Waals surface area contributed by atoms with E-state index in [9.17, 15) is 9.59 Å². The molecule has 7 nitrogen and oxygen atoms in total. The molecule has 0 saturated heterocycles. The van der Waals surface area contributed by atoms with Crippen LogP contribution in [0.25, 0.3) is 0 Å². The van der Waals surface area contributed by atoms with Crippen LogP contribution >= 0.6 is 0 Å². The van der Waals surface area contributed by atoms with Gasteiger partial charge in [-0.1, -0.05) is 23.4 Å². The Balaban J connectivity index is 0.